The van der Waals surface area contributed by atoms with Crippen LogP contribution in [0, 0.1) is 0 Å². The van der Waals surface area contributed by atoms with Crippen molar-refractivity contribution in [2.24, 2.45) is 0 Å². The van der Waals surface area contributed by atoms with E-state index < -0.39 is 0 Å². The topological polar surface area (TPSA) is 55.0 Å². The first-order valence-electron chi connectivity index (χ1n) is 3.54. The van der Waals surface area contributed by atoms with Gasteiger partial charge in [0.15, 0.2) is 5.82 Å². The zero-order valence-electron chi connectivity index (χ0n) is 6.78. The first-order chi connectivity index (χ1) is 5.24. The fourth-order valence-corrected chi connectivity index (χ4v) is 0.701. The molecular weight excluding hydrogens is 140 g/mol. The fourth-order valence-electron chi connectivity index (χ4n) is 0.701. The molecule has 4 nitrogen and oxygen atoms in total. The van der Waals surface area contributed by atoms with Crippen molar-refractivity contribution < 1.29 is 0 Å². The van der Waals surface area contributed by atoms with Gasteiger partial charge in [0.1, 0.15) is 5.82 Å². The van der Waals surface area contributed by atoms with Gasteiger partial charge in [-0.2, -0.15) is 0 Å². The van der Waals surface area contributed by atoms with Crippen LogP contribution in [0.5, 0.6) is 0 Å². The molecule has 0 aromatic carbocycles. The number of hydrogen-bond acceptors (Lipinski definition) is 4. The lowest BCUT2D eigenvalue weighted by Crippen LogP contribution is -2.17. The van der Waals surface area contributed by atoms with Gasteiger partial charge in [0.05, 0.1) is 0 Å². The average molecular weight is 152 g/mol. The molecule has 0 bridgehead atoms. The van der Waals surface area contributed by atoms with Crippen LogP contribution in [0.4, 0.5) is 11.6 Å². The predicted molar refractivity (Wildman–Crippen MR) is 45.4 cm³/mol. The summed E-state index contributed by atoms with van der Waals surface area (Å²) >= 11 is 0. The van der Waals surface area contributed by atoms with Crippen molar-refractivity contribution in [2.45, 2.75) is 6.92 Å². The molecule has 1 aromatic rings. The van der Waals surface area contributed by atoms with Gasteiger partial charge in [0.2, 0.25) is 0 Å². The van der Waals surface area contributed by atoms with E-state index in [-0.39, 0.29) is 0 Å². The molecule has 0 radical (unpaired) electrons. The van der Waals surface area contributed by atoms with Crippen molar-refractivity contribution in [1.82, 2.24) is 10.2 Å². The maximum absolute atomic E-state index is 5.38. The van der Waals surface area contributed by atoms with Crippen LogP contribution >= 0.6 is 0 Å². The van der Waals surface area contributed by atoms with Crippen LogP contribution in [-0.2, 0) is 0 Å². The maximum Gasteiger partial charge on any atom is 0.151 e. The minimum absolute atomic E-state index is 0.457. The van der Waals surface area contributed by atoms with Crippen LogP contribution in [0.25, 0.3) is 0 Å². The fraction of sp³-hybridized carbons (Fsp3) is 0.429. The maximum atomic E-state index is 5.38. The summed E-state index contributed by atoms with van der Waals surface area (Å²) in [7, 11) is 1.96. The number of aromatic nitrogens is 2. The molecule has 11 heavy (non-hydrogen) atoms. The summed E-state index contributed by atoms with van der Waals surface area (Å²) in [6.07, 6.45) is 0. The Hall–Kier alpha value is -1.32. The van der Waals surface area contributed by atoms with Gasteiger partial charge < -0.3 is 10.6 Å². The molecule has 4 heteroatoms. The summed E-state index contributed by atoms with van der Waals surface area (Å²) in [5, 5.41) is 7.63. The first kappa shape index (κ1) is 7.78. The van der Waals surface area contributed by atoms with E-state index in [1.807, 2.05) is 18.0 Å². The van der Waals surface area contributed by atoms with E-state index in [0.717, 1.165) is 12.4 Å². The zero-order chi connectivity index (χ0) is 8.27. The molecule has 60 valence electrons. The molecule has 2 N–H and O–H groups in total. The third kappa shape index (κ3) is 1.80. The third-order valence-electron chi connectivity index (χ3n) is 1.54. The summed E-state index contributed by atoms with van der Waals surface area (Å²) in [4.78, 5) is 1.99. The Balaban J connectivity index is 2.81. The molecule has 1 aromatic heterocycles. The number of nitrogens with zero attached hydrogens (tertiary/aromatic N) is 3. The number of hydrogen-bond donors (Lipinski definition) is 1. The highest BCUT2D eigenvalue weighted by atomic mass is 15.3. The van der Waals surface area contributed by atoms with E-state index in [0.29, 0.717) is 5.82 Å². The molecule has 0 saturated carbocycles. The Kier molecular flexibility index (Phi) is 2.25. The highest BCUT2D eigenvalue weighted by Crippen LogP contribution is 2.06. The number of anilines is 2. The standard InChI is InChI=1S/C7H12N4/c1-3-11(2)7-5-4-6(8)9-10-7/h4-5H,3H2,1-2H3,(H2,8,9). The highest BCUT2D eigenvalue weighted by molar-refractivity contribution is 5.40. The Morgan fingerprint density at radius 2 is 2.18 bits per heavy atom. The van der Waals surface area contributed by atoms with Gasteiger partial charge in [-0.15, -0.1) is 10.2 Å². The lowest BCUT2D eigenvalue weighted by Gasteiger charge is -2.13. The van der Waals surface area contributed by atoms with Crippen LogP contribution in [0.2, 0.25) is 0 Å². The monoisotopic (exact) mass is 152 g/mol. The third-order valence-corrected chi connectivity index (χ3v) is 1.54. The minimum Gasteiger partial charge on any atom is -0.382 e. The van der Waals surface area contributed by atoms with Crippen LogP contribution < -0.4 is 10.6 Å². The Morgan fingerprint density at radius 3 is 2.64 bits per heavy atom. The highest BCUT2D eigenvalue weighted by Gasteiger charge is 1.98. The van der Waals surface area contributed by atoms with E-state index >= 15 is 0 Å². The van der Waals surface area contributed by atoms with Crippen LogP contribution in [0.15, 0.2) is 12.1 Å². The number of rotatable bonds is 2. The summed E-state index contributed by atoms with van der Waals surface area (Å²) < 4.78 is 0. The van der Waals surface area contributed by atoms with Gasteiger partial charge in [-0.05, 0) is 19.1 Å². The Labute approximate surface area is 66.0 Å². The normalized spacial score (nSPS) is 9.64. The Morgan fingerprint density at radius 1 is 1.45 bits per heavy atom. The molecule has 1 rings (SSSR count). The molecule has 0 fully saturated rings. The van der Waals surface area contributed by atoms with Crippen LogP contribution in [0.1, 0.15) is 6.92 Å². The number of nitrogens with two attached hydrogens (primary N) is 1. The minimum atomic E-state index is 0.457. The second-order valence-electron chi connectivity index (χ2n) is 2.33. The summed E-state index contributed by atoms with van der Waals surface area (Å²) in [6, 6.07) is 3.60. The van der Waals surface area contributed by atoms with Gasteiger partial charge in [-0.25, -0.2) is 0 Å². The van der Waals surface area contributed by atoms with Crippen molar-refractivity contribution in [3.05, 3.63) is 12.1 Å². The summed E-state index contributed by atoms with van der Waals surface area (Å²) in [5.74, 6) is 1.31. The van der Waals surface area contributed by atoms with Crippen molar-refractivity contribution in [1.29, 1.82) is 0 Å². The second-order valence-corrected chi connectivity index (χ2v) is 2.33. The van der Waals surface area contributed by atoms with Gasteiger partial charge in [-0.3, -0.25) is 0 Å². The van der Waals surface area contributed by atoms with E-state index in [2.05, 4.69) is 17.1 Å². The van der Waals surface area contributed by atoms with Crippen molar-refractivity contribution in [3.63, 3.8) is 0 Å². The van der Waals surface area contributed by atoms with E-state index in [1.165, 1.54) is 0 Å². The lowest BCUT2D eigenvalue weighted by molar-refractivity contribution is 0.900. The van der Waals surface area contributed by atoms with Crippen molar-refractivity contribution in [3.8, 4) is 0 Å². The Bertz CT molecular complexity index is 218. The quantitative estimate of drug-likeness (QED) is 0.671. The summed E-state index contributed by atoms with van der Waals surface area (Å²) in [5.41, 5.74) is 5.38. The van der Waals surface area contributed by atoms with E-state index in [4.69, 9.17) is 5.73 Å². The molecule has 0 aliphatic rings. The van der Waals surface area contributed by atoms with Crippen LogP contribution in [0.3, 0.4) is 0 Å². The SMILES string of the molecule is CCN(C)c1ccc(N)nn1. The van der Waals surface area contributed by atoms with Gasteiger partial charge in [0.25, 0.3) is 0 Å². The molecule has 0 unspecified atom stereocenters. The predicted octanol–water partition coefficient (Wildman–Crippen LogP) is 0.515. The molecule has 0 aliphatic carbocycles. The van der Waals surface area contributed by atoms with Crippen molar-refractivity contribution in [2.75, 3.05) is 24.2 Å². The van der Waals surface area contributed by atoms with Gasteiger partial charge in [-0.1, -0.05) is 0 Å². The van der Waals surface area contributed by atoms with Gasteiger partial charge >= 0.3 is 0 Å². The second kappa shape index (κ2) is 3.18. The average Bonchev–Trinajstić information content (AvgIpc) is 2.05. The van der Waals surface area contributed by atoms with Crippen LogP contribution in [-0.4, -0.2) is 23.8 Å². The largest absolute Gasteiger partial charge is 0.382 e. The summed E-state index contributed by atoms with van der Waals surface area (Å²) in [6.45, 7) is 2.97. The molecule has 0 spiro atoms. The lowest BCUT2D eigenvalue weighted by atomic mass is 10.4. The number of nitrogen functional groups attached to an aromatic ring is 1. The smallest absolute Gasteiger partial charge is 0.151 e. The molecule has 1 heterocycles. The van der Waals surface area contributed by atoms with Crippen molar-refractivity contribution >= 4 is 11.6 Å². The zero-order valence-corrected chi connectivity index (χ0v) is 6.78. The van der Waals surface area contributed by atoms with E-state index in [9.17, 15) is 0 Å². The van der Waals surface area contributed by atoms with Gasteiger partial charge in [0, 0.05) is 13.6 Å². The molecular formula is C7H12N4. The molecule has 0 amide bonds. The van der Waals surface area contributed by atoms with E-state index in [1.54, 1.807) is 6.07 Å². The molecule has 0 saturated heterocycles. The molecule has 0 atom stereocenters. The first-order valence-corrected chi connectivity index (χ1v) is 3.54. The molecule has 0 aliphatic heterocycles.